The molecule has 28 heavy (non-hydrogen) atoms. The van der Waals surface area contributed by atoms with Gasteiger partial charge in [-0.3, -0.25) is 10.1 Å². The van der Waals surface area contributed by atoms with Crippen LogP contribution in [-0.4, -0.2) is 16.9 Å². The van der Waals surface area contributed by atoms with Gasteiger partial charge in [-0.1, -0.05) is 43.1 Å². The molecule has 2 aromatic rings. The molecule has 3 amide bonds. The normalized spacial score (nSPS) is 11.5. The Kier molecular flexibility index (Phi) is 6.56. The number of nitrogens with zero attached hydrogens (tertiary/aromatic N) is 1. The van der Waals surface area contributed by atoms with Crippen molar-refractivity contribution in [2.45, 2.75) is 32.9 Å². The number of imide groups is 1. The maximum Gasteiger partial charge on any atom is 0.417 e. The Labute approximate surface area is 169 Å². The third kappa shape index (κ3) is 5.14. The molecule has 0 aliphatic heterocycles. The molecule has 1 aromatic heterocycles. The van der Waals surface area contributed by atoms with Crippen molar-refractivity contribution in [1.29, 1.82) is 0 Å². The fourth-order valence-electron chi connectivity index (χ4n) is 2.42. The molecule has 2 N–H and O–H groups in total. The SMILES string of the molecule is Cc1cc(Cl)c(NC(=O)NC(=O)c2ncc(C(F)(F)F)cc2Cl)c(C(C)C)c1. The predicted molar refractivity (Wildman–Crippen MR) is 101 cm³/mol. The monoisotopic (exact) mass is 433 g/mol. The summed E-state index contributed by atoms with van der Waals surface area (Å²) in [5.74, 6) is -1.01. The number of pyridine rings is 1. The van der Waals surface area contributed by atoms with E-state index < -0.39 is 34.4 Å². The second-order valence-electron chi connectivity index (χ2n) is 6.33. The van der Waals surface area contributed by atoms with E-state index in [0.29, 0.717) is 18.0 Å². The van der Waals surface area contributed by atoms with Gasteiger partial charge < -0.3 is 5.32 Å². The molecular weight excluding hydrogens is 418 g/mol. The van der Waals surface area contributed by atoms with Crippen LogP contribution >= 0.6 is 23.2 Å². The first-order chi connectivity index (χ1) is 12.9. The molecule has 0 aliphatic carbocycles. The molecule has 150 valence electrons. The van der Waals surface area contributed by atoms with E-state index in [1.807, 2.05) is 32.2 Å². The Morgan fingerprint density at radius 2 is 1.75 bits per heavy atom. The molecule has 5 nitrogen and oxygen atoms in total. The van der Waals surface area contributed by atoms with E-state index >= 15 is 0 Å². The standard InChI is InChI=1S/C18H16Cl2F3N3O2/c1-8(2)11-4-9(3)5-12(19)14(11)25-17(28)26-16(27)15-13(20)6-10(7-24-15)18(21,22)23/h4-8H,1-3H3,(H2,25,26,27,28). The van der Waals surface area contributed by atoms with Gasteiger partial charge in [-0.05, 0) is 36.1 Å². The lowest BCUT2D eigenvalue weighted by molar-refractivity contribution is -0.137. The van der Waals surface area contributed by atoms with Crippen LogP contribution in [0, 0.1) is 6.92 Å². The number of halogens is 5. The Hall–Kier alpha value is -2.32. The lowest BCUT2D eigenvalue weighted by Gasteiger charge is -2.17. The Morgan fingerprint density at radius 3 is 2.29 bits per heavy atom. The number of anilines is 1. The number of amides is 3. The van der Waals surface area contributed by atoms with Gasteiger partial charge in [-0.25, -0.2) is 9.78 Å². The molecule has 2 rings (SSSR count). The summed E-state index contributed by atoms with van der Waals surface area (Å²) in [5.41, 5.74) is 0.379. The zero-order valence-corrected chi connectivity index (χ0v) is 16.6. The number of rotatable bonds is 3. The molecule has 0 saturated carbocycles. The highest BCUT2D eigenvalue weighted by Crippen LogP contribution is 2.33. The molecule has 0 aliphatic rings. The number of hydrogen-bond acceptors (Lipinski definition) is 3. The minimum absolute atomic E-state index is 0.0365. The number of nitrogens with one attached hydrogen (secondary N) is 2. The molecule has 0 radical (unpaired) electrons. The predicted octanol–water partition coefficient (Wildman–Crippen LogP) is 5.80. The van der Waals surface area contributed by atoms with Crippen LogP contribution in [0.3, 0.4) is 0 Å². The number of benzene rings is 1. The van der Waals surface area contributed by atoms with Crippen LogP contribution in [0.15, 0.2) is 24.4 Å². The van der Waals surface area contributed by atoms with E-state index in [0.717, 1.165) is 11.1 Å². The summed E-state index contributed by atoms with van der Waals surface area (Å²) in [6, 6.07) is 3.15. The fraction of sp³-hybridized carbons (Fsp3) is 0.278. The summed E-state index contributed by atoms with van der Waals surface area (Å²) in [6.45, 7) is 5.67. The zero-order valence-electron chi connectivity index (χ0n) is 15.0. The molecule has 1 aromatic carbocycles. The summed E-state index contributed by atoms with van der Waals surface area (Å²) in [6.07, 6.45) is -4.19. The van der Waals surface area contributed by atoms with Gasteiger partial charge in [0.15, 0.2) is 0 Å². The van der Waals surface area contributed by atoms with Crippen molar-refractivity contribution >= 4 is 40.8 Å². The third-order valence-electron chi connectivity index (χ3n) is 3.74. The molecular formula is C18H16Cl2F3N3O2. The van der Waals surface area contributed by atoms with Crippen LogP contribution < -0.4 is 10.6 Å². The lowest BCUT2D eigenvalue weighted by atomic mass is 9.99. The number of alkyl halides is 3. The molecule has 0 bridgehead atoms. The number of carbonyl (C=O) groups is 2. The average molecular weight is 434 g/mol. The van der Waals surface area contributed by atoms with Crippen molar-refractivity contribution in [2.24, 2.45) is 0 Å². The summed E-state index contributed by atoms with van der Waals surface area (Å²) in [5, 5.41) is 4.22. The van der Waals surface area contributed by atoms with Gasteiger partial charge in [0.05, 0.1) is 21.3 Å². The zero-order chi connectivity index (χ0) is 21.2. The maximum atomic E-state index is 12.6. The Balaban J connectivity index is 2.20. The van der Waals surface area contributed by atoms with E-state index in [1.54, 1.807) is 6.07 Å². The lowest BCUT2D eigenvalue weighted by Crippen LogP contribution is -2.35. The second-order valence-corrected chi connectivity index (χ2v) is 7.14. The van der Waals surface area contributed by atoms with Crippen LogP contribution in [0.4, 0.5) is 23.7 Å². The van der Waals surface area contributed by atoms with Gasteiger partial charge >= 0.3 is 12.2 Å². The van der Waals surface area contributed by atoms with E-state index in [2.05, 4.69) is 10.3 Å². The number of urea groups is 1. The van der Waals surface area contributed by atoms with Crippen LogP contribution in [0.2, 0.25) is 10.0 Å². The Morgan fingerprint density at radius 1 is 1.11 bits per heavy atom. The van der Waals surface area contributed by atoms with Gasteiger partial charge in [0.25, 0.3) is 5.91 Å². The van der Waals surface area contributed by atoms with Crippen LogP contribution in [0.1, 0.15) is 46.9 Å². The average Bonchev–Trinajstić information content (AvgIpc) is 2.55. The molecule has 1 heterocycles. The molecule has 0 spiro atoms. The quantitative estimate of drug-likeness (QED) is 0.642. The van der Waals surface area contributed by atoms with Crippen molar-refractivity contribution in [3.8, 4) is 0 Å². The molecule has 0 fully saturated rings. The summed E-state index contributed by atoms with van der Waals surface area (Å²) >= 11 is 11.9. The number of carbonyl (C=O) groups excluding carboxylic acids is 2. The van der Waals surface area contributed by atoms with E-state index in [-0.39, 0.29) is 10.9 Å². The van der Waals surface area contributed by atoms with Gasteiger partial charge in [-0.15, -0.1) is 0 Å². The first kappa shape index (κ1) is 22.0. The van der Waals surface area contributed by atoms with Crippen molar-refractivity contribution in [3.05, 3.63) is 56.8 Å². The topological polar surface area (TPSA) is 71.1 Å². The van der Waals surface area contributed by atoms with E-state index in [4.69, 9.17) is 23.2 Å². The second kappa shape index (κ2) is 8.36. The number of hydrogen-bond donors (Lipinski definition) is 2. The van der Waals surface area contributed by atoms with E-state index in [1.165, 1.54) is 0 Å². The molecule has 0 unspecified atom stereocenters. The van der Waals surface area contributed by atoms with Crippen molar-refractivity contribution in [1.82, 2.24) is 10.3 Å². The minimum Gasteiger partial charge on any atom is -0.306 e. The number of aryl methyl sites for hydroxylation is 1. The van der Waals surface area contributed by atoms with Gasteiger partial charge in [-0.2, -0.15) is 13.2 Å². The van der Waals surface area contributed by atoms with Gasteiger partial charge in [0, 0.05) is 6.20 Å². The van der Waals surface area contributed by atoms with Crippen molar-refractivity contribution < 1.29 is 22.8 Å². The summed E-state index contributed by atoms with van der Waals surface area (Å²) < 4.78 is 37.9. The molecule has 10 heteroatoms. The minimum atomic E-state index is -4.65. The van der Waals surface area contributed by atoms with Crippen LogP contribution in [0.25, 0.3) is 0 Å². The molecule has 0 saturated heterocycles. The highest BCUT2D eigenvalue weighted by Gasteiger charge is 2.32. The third-order valence-corrected chi connectivity index (χ3v) is 4.32. The van der Waals surface area contributed by atoms with Crippen LogP contribution in [-0.2, 0) is 6.18 Å². The largest absolute Gasteiger partial charge is 0.417 e. The Bertz CT molecular complexity index is 931. The maximum absolute atomic E-state index is 12.6. The smallest absolute Gasteiger partial charge is 0.306 e. The highest BCUT2D eigenvalue weighted by molar-refractivity contribution is 6.35. The number of aromatic nitrogens is 1. The first-order valence-electron chi connectivity index (χ1n) is 8.05. The van der Waals surface area contributed by atoms with Gasteiger partial charge in [0.1, 0.15) is 5.69 Å². The van der Waals surface area contributed by atoms with Crippen molar-refractivity contribution in [3.63, 3.8) is 0 Å². The van der Waals surface area contributed by atoms with Gasteiger partial charge in [0.2, 0.25) is 0 Å². The highest BCUT2D eigenvalue weighted by atomic mass is 35.5. The summed E-state index contributed by atoms with van der Waals surface area (Å²) in [7, 11) is 0. The van der Waals surface area contributed by atoms with Crippen molar-refractivity contribution in [2.75, 3.05) is 5.32 Å². The molecule has 0 atom stereocenters. The fourth-order valence-corrected chi connectivity index (χ4v) is 3.00. The first-order valence-corrected chi connectivity index (χ1v) is 8.80. The summed E-state index contributed by atoms with van der Waals surface area (Å²) in [4.78, 5) is 27.8. The van der Waals surface area contributed by atoms with E-state index in [9.17, 15) is 22.8 Å². The van der Waals surface area contributed by atoms with Crippen LogP contribution in [0.5, 0.6) is 0 Å².